The second-order valence-corrected chi connectivity index (χ2v) is 6.85. The highest BCUT2D eigenvalue weighted by Crippen LogP contribution is 2.29. The van der Waals surface area contributed by atoms with Gasteiger partial charge in [-0.2, -0.15) is 5.10 Å². The maximum atomic E-state index is 12.0. The molecule has 2 aromatic carbocycles. The summed E-state index contributed by atoms with van der Waals surface area (Å²) in [5, 5.41) is 25.9. The number of benzene rings is 2. The van der Waals surface area contributed by atoms with Crippen LogP contribution in [-0.2, 0) is 4.74 Å². The Hall–Kier alpha value is -4.54. The van der Waals surface area contributed by atoms with Gasteiger partial charge >= 0.3 is 11.7 Å². The molecule has 0 aliphatic carbocycles. The van der Waals surface area contributed by atoms with Gasteiger partial charge < -0.3 is 9.15 Å². The number of carbonyl (C=O) groups is 1. The van der Waals surface area contributed by atoms with Crippen molar-refractivity contribution in [3.05, 3.63) is 86.1 Å². The molecular weight excluding hydrogens is 432 g/mol. The van der Waals surface area contributed by atoms with Gasteiger partial charge in [-0.3, -0.25) is 25.7 Å². The van der Waals surface area contributed by atoms with E-state index in [0.717, 1.165) is 30.5 Å². The van der Waals surface area contributed by atoms with Gasteiger partial charge in [-0.25, -0.2) is 4.79 Å². The molecule has 0 spiro atoms. The van der Waals surface area contributed by atoms with Crippen LogP contribution < -0.4 is 5.43 Å². The first-order valence-corrected chi connectivity index (χ1v) is 9.98. The molecule has 0 saturated carbocycles. The Balaban J connectivity index is 1.66. The third-order valence-corrected chi connectivity index (χ3v) is 4.53. The van der Waals surface area contributed by atoms with Crippen molar-refractivity contribution >= 4 is 29.2 Å². The number of nitro groups is 2. The van der Waals surface area contributed by atoms with E-state index in [1.165, 1.54) is 12.3 Å². The van der Waals surface area contributed by atoms with Crippen molar-refractivity contribution < 1.29 is 23.8 Å². The van der Waals surface area contributed by atoms with Gasteiger partial charge in [-0.15, -0.1) is 0 Å². The lowest BCUT2D eigenvalue weighted by Gasteiger charge is -2.04. The Morgan fingerprint density at radius 2 is 1.85 bits per heavy atom. The number of nitrogens with one attached hydrogen (secondary N) is 1. The van der Waals surface area contributed by atoms with Crippen LogP contribution in [0.5, 0.6) is 0 Å². The van der Waals surface area contributed by atoms with Crippen LogP contribution in [0.3, 0.4) is 0 Å². The first-order chi connectivity index (χ1) is 15.9. The van der Waals surface area contributed by atoms with Crippen LogP contribution in [0, 0.1) is 20.2 Å². The molecule has 11 heteroatoms. The number of non-ortho nitro benzene ring substituents is 1. The first-order valence-electron chi connectivity index (χ1n) is 9.98. The van der Waals surface area contributed by atoms with Crippen molar-refractivity contribution in [3.63, 3.8) is 0 Å². The summed E-state index contributed by atoms with van der Waals surface area (Å²) in [4.78, 5) is 32.5. The molecular formula is C22H20N4O7. The van der Waals surface area contributed by atoms with Crippen molar-refractivity contribution in [2.45, 2.75) is 19.8 Å². The number of hydrazone groups is 1. The summed E-state index contributed by atoms with van der Waals surface area (Å²) in [6.45, 7) is 2.40. The fraction of sp³-hybridized carbons (Fsp3) is 0.182. The van der Waals surface area contributed by atoms with Gasteiger partial charge in [0.15, 0.2) is 0 Å². The number of carbonyl (C=O) groups excluding carboxylic acids is 1. The standard InChI is InChI=1S/C22H20N4O7/c1-2-3-12-32-22(27)16-6-4-15(5-7-16)21-11-9-18(33-21)14-23-24-19-10-8-17(25(28)29)13-20(19)26(30)31/h4-11,13-14,24H,2-3,12H2,1H3. The van der Waals surface area contributed by atoms with Crippen molar-refractivity contribution in [1.82, 2.24) is 0 Å². The van der Waals surface area contributed by atoms with Gasteiger partial charge in [-0.05, 0) is 36.8 Å². The minimum atomic E-state index is -0.737. The van der Waals surface area contributed by atoms with E-state index >= 15 is 0 Å². The van der Waals surface area contributed by atoms with Gasteiger partial charge in [0.1, 0.15) is 17.2 Å². The molecule has 0 aliphatic rings. The maximum Gasteiger partial charge on any atom is 0.338 e. The fourth-order valence-electron chi connectivity index (χ4n) is 2.79. The number of nitro benzene ring substituents is 2. The highest BCUT2D eigenvalue weighted by atomic mass is 16.6. The van der Waals surface area contributed by atoms with Gasteiger partial charge in [-0.1, -0.05) is 25.5 Å². The molecule has 0 amide bonds. The van der Waals surface area contributed by atoms with Crippen LogP contribution in [0.4, 0.5) is 17.1 Å². The summed E-state index contributed by atoms with van der Waals surface area (Å²) in [5.41, 5.74) is 2.79. The van der Waals surface area contributed by atoms with Gasteiger partial charge in [0, 0.05) is 11.6 Å². The minimum Gasteiger partial charge on any atom is -0.462 e. The lowest BCUT2D eigenvalue weighted by Crippen LogP contribution is -2.05. The van der Waals surface area contributed by atoms with Crippen LogP contribution in [0.15, 0.2) is 64.1 Å². The molecule has 3 rings (SSSR count). The molecule has 0 unspecified atom stereocenters. The van der Waals surface area contributed by atoms with Crippen LogP contribution in [0.25, 0.3) is 11.3 Å². The zero-order valence-corrected chi connectivity index (χ0v) is 17.6. The van der Waals surface area contributed by atoms with E-state index in [1.54, 1.807) is 36.4 Å². The fourth-order valence-corrected chi connectivity index (χ4v) is 2.79. The minimum absolute atomic E-state index is 0.00459. The molecule has 0 aliphatic heterocycles. The zero-order chi connectivity index (χ0) is 23.8. The zero-order valence-electron chi connectivity index (χ0n) is 17.6. The molecule has 1 aromatic heterocycles. The Morgan fingerprint density at radius 3 is 2.52 bits per heavy atom. The van der Waals surface area contributed by atoms with Crippen LogP contribution >= 0.6 is 0 Å². The molecule has 0 radical (unpaired) electrons. The summed E-state index contributed by atoms with van der Waals surface area (Å²) in [6, 6.07) is 13.3. The van der Waals surface area contributed by atoms with Crippen LogP contribution in [-0.4, -0.2) is 28.6 Å². The number of hydrogen-bond donors (Lipinski definition) is 1. The second-order valence-electron chi connectivity index (χ2n) is 6.85. The predicted molar refractivity (Wildman–Crippen MR) is 120 cm³/mol. The molecule has 33 heavy (non-hydrogen) atoms. The Labute approximate surface area is 188 Å². The van der Waals surface area contributed by atoms with E-state index in [1.807, 2.05) is 6.92 Å². The highest BCUT2D eigenvalue weighted by Gasteiger charge is 2.19. The molecule has 0 bridgehead atoms. The Morgan fingerprint density at radius 1 is 1.09 bits per heavy atom. The smallest absolute Gasteiger partial charge is 0.338 e. The van der Waals surface area contributed by atoms with E-state index < -0.39 is 21.2 Å². The summed E-state index contributed by atoms with van der Waals surface area (Å²) in [7, 11) is 0. The van der Waals surface area contributed by atoms with Crippen LogP contribution in [0.1, 0.15) is 35.9 Å². The number of nitrogens with zero attached hydrogens (tertiary/aromatic N) is 3. The topological polar surface area (TPSA) is 150 Å². The SMILES string of the molecule is CCCCOC(=O)c1ccc(-c2ccc(C=NNc3ccc([N+](=O)[O-])cc3[N+](=O)[O-])o2)cc1. The monoisotopic (exact) mass is 452 g/mol. The number of esters is 1. The Kier molecular flexibility index (Phi) is 7.47. The summed E-state index contributed by atoms with van der Waals surface area (Å²) in [5.74, 6) is 0.516. The molecule has 0 atom stereocenters. The number of hydrogen-bond acceptors (Lipinski definition) is 9. The molecule has 1 heterocycles. The van der Waals surface area contributed by atoms with Crippen LogP contribution in [0.2, 0.25) is 0 Å². The van der Waals surface area contributed by atoms with Crippen molar-refractivity contribution in [2.24, 2.45) is 5.10 Å². The van der Waals surface area contributed by atoms with Gasteiger partial charge in [0.2, 0.25) is 0 Å². The lowest BCUT2D eigenvalue weighted by molar-refractivity contribution is -0.393. The Bertz CT molecular complexity index is 1190. The second kappa shape index (κ2) is 10.7. The first kappa shape index (κ1) is 23.1. The van der Waals surface area contributed by atoms with E-state index in [-0.39, 0.29) is 11.7 Å². The third kappa shape index (κ3) is 6.00. The quantitative estimate of drug-likeness (QED) is 0.146. The highest BCUT2D eigenvalue weighted by molar-refractivity contribution is 5.90. The third-order valence-electron chi connectivity index (χ3n) is 4.53. The van der Waals surface area contributed by atoms with E-state index in [0.29, 0.717) is 23.7 Å². The predicted octanol–water partition coefficient (Wildman–Crippen LogP) is 5.17. The summed E-state index contributed by atoms with van der Waals surface area (Å²) in [6.07, 6.45) is 3.07. The molecule has 1 N–H and O–H groups in total. The van der Waals surface area contributed by atoms with E-state index in [2.05, 4.69) is 10.5 Å². The number of unbranched alkanes of at least 4 members (excludes halogenated alkanes) is 1. The lowest BCUT2D eigenvalue weighted by atomic mass is 10.1. The van der Waals surface area contributed by atoms with Crippen molar-refractivity contribution in [3.8, 4) is 11.3 Å². The van der Waals surface area contributed by atoms with Gasteiger partial charge in [0.25, 0.3) is 5.69 Å². The largest absolute Gasteiger partial charge is 0.462 e. The average Bonchev–Trinajstić information content (AvgIpc) is 3.28. The van der Waals surface area contributed by atoms with E-state index in [4.69, 9.17) is 9.15 Å². The van der Waals surface area contributed by atoms with Crippen molar-refractivity contribution in [2.75, 3.05) is 12.0 Å². The number of rotatable bonds is 10. The van der Waals surface area contributed by atoms with Gasteiger partial charge in [0.05, 0.1) is 34.3 Å². The van der Waals surface area contributed by atoms with Crippen molar-refractivity contribution in [1.29, 1.82) is 0 Å². The molecule has 3 aromatic rings. The summed E-state index contributed by atoms with van der Waals surface area (Å²) >= 11 is 0. The number of ether oxygens (including phenoxy) is 1. The molecule has 0 saturated heterocycles. The average molecular weight is 452 g/mol. The number of anilines is 1. The number of furan rings is 1. The normalized spacial score (nSPS) is 10.8. The molecule has 0 fully saturated rings. The molecule has 170 valence electrons. The summed E-state index contributed by atoms with van der Waals surface area (Å²) < 4.78 is 10.9. The maximum absolute atomic E-state index is 12.0. The van der Waals surface area contributed by atoms with E-state index in [9.17, 15) is 25.0 Å². The molecule has 11 nitrogen and oxygen atoms in total.